The number of aliphatic hydroxyl groups is 2. The van der Waals surface area contributed by atoms with Gasteiger partial charge in [0.1, 0.15) is 11.9 Å². The third-order valence-electron chi connectivity index (χ3n) is 2.52. The SMILES string of the molecule is [N-]=[N+]=NCCC(O)C(O)c1ccccc1C(=N)N. The number of azide groups is 1. The number of nitrogens with two attached hydrogens (primary N) is 1. The van der Waals surface area contributed by atoms with Crippen LogP contribution in [0.4, 0.5) is 0 Å². The lowest BCUT2D eigenvalue weighted by Crippen LogP contribution is -2.23. The topological polar surface area (TPSA) is 139 Å². The molecular weight excluding hydrogens is 234 g/mol. The normalized spacial score (nSPS) is 13.4. The second-order valence-electron chi connectivity index (χ2n) is 3.76. The van der Waals surface area contributed by atoms with Gasteiger partial charge < -0.3 is 15.9 Å². The molecule has 1 aromatic carbocycles. The summed E-state index contributed by atoms with van der Waals surface area (Å²) in [6.07, 6.45) is -2.10. The van der Waals surface area contributed by atoms with Crippen LogP contribution in [0, 0.1) is 5.41 Å². The number of aliphatic hydroxyl groups excluding tert-OH is 2. The largest absolute Gasteiger partial charge is 0.390 e. The molecule has 0 bridgehead atoms. The van der Waals surface area contributed by atoms with Gasteiger partial charge in [0.05, 0.1) is 6.10 Å². The van der Waals surface area contributed by atoms with Crippen LogP contribution in [0.2, 0.25) is 0 Å². The molecule has 0 aromatic heterocycles. The van der Waals surface area contributed by atoms with Crippen LogP contribution < -0.4 is 5.73 Å². The molecule has 96 valence electrons. The fourth-order valence-corrected chi connectivity index (χ4v) is 1.60. The lowest BCUT2D eigenvalue weighted by atomic mass is 9.96. The molecule has 7 heteroatoms. The highest BCUT2D eigenvalue weighted by atomic mass is 16.3. The molecule has 0 heterocycles. The van der Waals surface area contributed by atoms with Crippen LogP contribution in [0.5, 0.6) is 0 Å². The predicted octanol–water partition coefficient (Wildman–Crippen LogP) is 1.07. The molecule has 0 saturated heterocycles. The van der Waals surface area contributed by atoms with Crippen LogP contribution in [0.3, 0.4) is 0 Å². The molecule has 0 spiro atoms. The van der Waals surface area contributed by atoms with Gasteiger partial charge in [0.2, 0.25) is 0 Å². The van der Waals surface area contributed by atoms with Crippen molar-refractivity contribution in [3.8, 4) is 0 Å². The Hall–Kier alpha value is -2.08. The zero-order valence-electron chi connectivity index (χ0n) is 9.69. The summed E-state index contributed by atoms with van der Waals surface area (Å²) in [6.45, 7) is 0.0942. The maximum absolute atomic E-state index is 9.98. The minimum atomic E-state index is -1.17. The third-order valence-corrected chi connectivity index (χ3v) is 2.52. The van der Waals surface area contributed by atoms with Crippen LogP contribution in [-0.2, 0) is 0 Å². The second-order valence-corrected chi connectivity index (χ2v) is 3.76. The van der Waals surface area contributed by atoms with Gasteiger partial charge in [0.25, 0.3) is 0 Å². The van der Waals surface area contributed by atoms with E-state index in [0.29, 0.717) is 11.1 Å². The Balaban J connectivity index is 2.85. The van der Waals surface area contributed by atoms with Gasteiger partial charge in [-0.05, 0) is 17.5 Å². The van der Waals surface area contributed by atoms with Crippen molar-refractivity contribution in [1.29, 1.82) is 5.41 Å². The van der Waals surface area contributed by atoms with Crippen molar-refractivity contribution in [2.75, 3.05) is 6.54 Å². The fourth-order valence-electron chi connectivity index (χ4n) is 1.60. The summed E-state index contributed by atoms with van der Waals surface area (Å²) in [4.78, 5) is 2.56. The van der Waals surface area contributed by atoms with E-state index >= 15 is 0 Å². The summed E-state index contributed by atoms with van der Waals surface area (Å²) in [7, 11) is 0. The first-order valence-electron chi connectivity index (χ1n) is 5.38. The number of nitrogens with zero attached hydrogens (tertiary/aromatic N) is 3. The average molecular weight is 249 g/mol. The number of nitrogen functional groups attached to an aromatic ring is 1. The molecule has 0 amide bonds. The predicted molar refractivity (Wildman–Crippen MR) is 67.1 cm³/mol. The number of hydrogen-bond acceptors (Lipinski definition) is 4. The van der Waals surface area contributed by atoms with Crippen molar-refractivity contribution in [3.05, 3.63) is 45.8 Å². The van der Waals surface area contributed by atoms with Crippen molar-refractivity contribution >= 4 is 5.84 Å². The number of nitrogens with one attached hydrogen (secondary N) is 1. The van der Waals surface area contributed by atoms with Crippen molar-refractivity contribution in [2.24, 2.45) is 10.8 Å². The highest BCUT2D eigenvalue weighted by molar-refractivity contribution is 5.96. The van der Waals surface area contributed by atoms with Gasteiger partial charge in [-0.15, -0.1) is 0 Å². The van der Waals surface area contributed by atoms with E-state index < -0.39 is 12.2 Å². The van der Waals surface area contributed by atoms with Crippen LogP contribution in [0.15, 0.2) is 29.4 Å². The van der Waals surface area contributed by atoms with Crippen molar-refractivity contribution < 1.29 is 10.2 Å². The van der Waals surface area contributed by atoms with Gasteiger partial charge in [-0.2, -0.15) is 0 Å². The van der Waals surface area contributed by atoms with E-state index in [0.717, 1.165) is 0 Å². The molecular formula is C11H15N5O2. The molecule has 0 aliphatic heterocycles. The van der Waals surface area contributed by atoms with E-state index in [1.54, 1.807) is 24.3 Å². The number of amidine groups is 1. The Morgan fingerprint density at radius 2 is 2.11 bits per heavy atom. The molecule has 0 saturated carbocycles. The molecule has 1 rings (SSSR count). The molecule has 0 fully saturated rings. The number of benzene rings is 1. The Labute approximate surface area is 104 Å². The number of rotatable bonds is 6. The molecule has 2 atom stereocenters. The van der Waals surface area contributed by atoms with Gasteiger partial charge in [-0.1, -0.05) is 29.4 Å². The fraction of sp³-hybridized carbons (Fsp3) is 0.364. The zero-order chi connectivity index (χ0) is 13.5. The quantitative estimate of drug-likeness (QED) is 0.197. The minimum Gasteiger partial charge on any atom is -0.390 e. The minimum absolute atomic E-state index is 0.0942. The Kier molecular flexibility index (Phi) is 5.13. The van der Waals surface area contributed by atoms with E-state index in [4.69, 9.17) is 16.7 Å². The van der Waals surface area contributed by atoms with Crippen LogP contribution in [0.1, 0.15) is 23.7 Å². The van der Waals surface area contributed by atoms with Crippen LogP contribution >= 0.6 is 0 Å². The van der Waals surface area contributed by atoms with Crippen LogP contribution in [0.25, 0.3) is 10.4 Å². The molecule has 1 aromatic rings. The van der Waals surface area contributed by atoms with E-state index in [1.165, 1.54) is 0 Å². The maximum atomic E-state index is 9.98. The van der Waals surface area contributed by atoms with E-state index in [9.17, 15) is 10.2 Å². The van der Waals surface area contributed by atoms with Gasteiger partial charge in [0.15, 0.2) is 0 Å². The van der Waals surface area contributed by atoms with Crippen molar-refractivity contribution in [3.63, 3.8) is 0 Å². The van der Waals surface area contributed by atoms with Crippen molar-refractivity contribution in [1.82, 2.24) is 0 Å². The lowest BCUT2D eigenvalue weighted by Gasteiger charge is -2.19. The molecule has 2 unspecified atom stereocenters. The molecule has 0 radical (unpaired) electrons. The van der Waals surface area contributed by atoms with E-state index in [1.807, 2.05) is 0 Å². The number of hydrogen-bond donors (Lipinski definition) is 4. The summed E-state index contributed by atoms with van der Waals surface area (Å²) in [5.41, 5.74) is 14.3. The maximum Gasteiger partial charge on any atom is 0.123 e. The summed E-state index contributed by atoms with van der Waals surface area (Å²) in [6, 6.07) is 6.57. The third kappa shape index (κ3) is 3.46. The Morgan fingerprint density at radius 3 is 2.72 bits per heavy atom. The van der Waals surface area contributed by atoms with Gasteiger partial charge >= 0.3 is 0 Å². The molecule has 5 N–H and O–H groups in total. The monoisotopic (exact) mass is 249 g/mol. The summed E-state index contributed by atoms with van der Waals surface area (Å²) >= 11 is 0. The van der Waals surface area contributed by atoms with Crippen LogP contribution in [-0.4, -0.2) is 28.7 Å². The second kappa shape index (κ2) is 6.61. The first-order valence-corrected chi connectivity index (χ1v) is 5.38. The summed E-state index contributed by atoms with van der Waals surface area (Å²) < 4.78 is 0. The first-order chi connectivity index (χ1) is 8.57. The highest BCUT2D eigenvalue weighted by Crippen LogP contribution is 2.22. The van der Waals surface area contributed by atoms with Crippen molar-refractivity contribution in [2.45, 2.75) is 18.6 Å². The summed E-state index contributed by atoms with van der Waals surface area (Å²) in [5.74, 6) is -0.174. The smallest absolute Gasteiger partial charge is 0.123 e. The van der Waals surface area contributed by atoms with Gasteiger partial charge in [-0.3, -0.25) is 5.41 Å². The Morgan fingerprint density at radius 1 is 1.44 bits per heavy atom. The molecule has 0 aliphatic carbocycles. The lowest BCUT2D eigenvalue weighted by molar-refractivity contribution is 0.0149. The molecule has 0 aliphatic rings. The zero-order valence-corrected chi connectivity index (χ0v) is 9.69. The standard InChI is InChI=1S/C11H15N5O2/c12-11(13)8-4-2-1-3-7(8)10(18)9(17)5-6-15-16-14/h1-4,9-10,17-18H,5-6H2,(H3,12,13). The Bertz CT molecular complexity index is 470. The molecule has 7 nitrogen and oxygen atoms in total. The average Bonchev–Trinajstić information content (AvgIpc) is 2.38. The van der Waals surface area contributed by atoms with Gasteiger partial charge in [0, 0.05) is 17.0 Å². The van der Waals surface area contributed by atoms with E-state index in [-0.39, 0.29) is 18.8 Å². The van der Waals surface area contributed by atoms with E-state index in [2.05, 4.69) is 10.0 Å². The highest BCUT2D eigenvalue weighted by Gasteiger charge is 2.21. The summed E-state index contributed by atoms with van der Waals surface area (Å²) in [5, 5.41) is 30.4. The molecule has 18 heavy (non-hydrogen) atoms. The first kappa shape index (κ1) is 14.0. The van der Waals surface area contributed by atoms with Gasteiger partial charge in [-0.25, -0.2) is 0 Å².